The van der Waals surface area contributed by atoms with Crippen molar-refractivity contribution in [1.82, 2.24) is 5.06 Å². The number of amides is 1. The Hall–Kier alpha value is -2.61. The van der Waals surface area contributed by atoms with Gasteiger partial charge >= 0.3 is 5.91 Å². The lowest BCUT2D eigenvalue weighted by molar-refractivity contribution is -0.167. The van der Waals surface area contributed by atoms with Crippen LogP contribution in [0.3, 0.4) is 0 Å². The minimum Gasteiger partial charge on any atom is -0.504 e. The number of phenolic OH excluding ortho intramolecular Hbond substituents is 2. The molecule has 1 atom stereocenters. The van der Waals surface area contributed by atoms with Crippen molar-refractivity contribution in [3.63, 3.8) is 0 Å². The largest absolute Gasteiger partial charge is 0.504 e. The number of aliphatic hydroxyl groups is 1. The molecule has 2 aromatic carbocycles. The van der Waals surface area contributed by atoms with Crippen LogP contribution in [-0.2, 0) is 21.6 Å². The molecular formula is C18H18ClNO6. The summed E-state index contributed by atoms with van der Waals surface area (Å²) in [5.74, 6) is -3.06. The zero-order chi connectivity index (χ0) is 19.5. The van der Waals surface area contributed by atoms with Gasteiger partial charge in [0.1, 0.15) is 5.60 Å². The fourth-order valence-electron chi connectivity index (χ4n) is 2.54. The van der Waals surface area contributed by atoms with Gasteiger partial charge in [-0.1, -0.05) is 29.8 Å². The van der Waals surface area contributed by atoms with Crippen LogP contribution in [0.4, 0.5) is 0 Å². The summed E-state index contributed by atoms with van der Waals surface area (Å²) >= 11 is 5.84. The molecular weight excluding hydrogens is 362 g/mol. The van der Waals surface area contributed by atoms with Gasteiger partial charge in [-0.3, -0.25) is 14.8 Å². The molecule has 0 aliphatic heterocycles. The van der Waals surface area contributed by atoms with Crippen LogP contribution in [0.15, 0.2) is 42.5 Å². The maximum absolute atomic E-state index is 12.1. The molecule has 0 fully saturated rings. The number of hydrogen-bond donors (Lipinski definition) is 4. The highest BCUT2D eigenvalue weighted by Crippen LogP contribution is 2.35. The standard InChI is InChI=1S/C18H18ClNO6/c1-20(26)17(24)16(23)10-18(25,9-11-2-5-13(19)6-3-11)12-4-7-14(21)15(22)8-12/h2-8,21-22,25-26H,9-10H2,1H3. The normalized spacial score (nSPS) is 13.1. The minimum absolute atomic E-state index is 0.0669. The number of ketones is 1. The number of halogens is 1. The van der Waals surface area contributed by atoms with Crippen molar-refractivity contribution in [3.8, 4) is 11.5 Å². The van der Waals surface area contributed by atoms with Crippen LogP contribution in [0.5, 0.6) is 11.5 Å². The Labute approximate surface area is 154 Å². The van der Waals surface area contributed by atoms with Gasteiger partial charge in [-0.2, -0.15) is 0 Å². The van der Waals surface area contributed by atoms with Crippen molar-refractivity contribution < 1.29 is 30.1 Å². The van der Waals surface area contributed by atoms with Crippen LogP contribution in [0.25, 0.3) is 0 Å². The number of nitrogens with zero attached hydrogens (tertiary/aromatic N) is 1. The molecule has 0 bridgehead atoms. The van der Waals surface area contributed by atoms with E-state index in [1.807, 2.05) is 0 Å². The molecule has 0 radical (unpaired) electrons. The number of likely N-dealkylation sites (N-methyl/N-ethyl adjacent to an activating group) is 1. The van der Waals surface area contributed by atoms with Crippen molar-refractivity contribution in [1.29, 1.82) is 0 Å². The molecule has 0 spiro atoms. The number of carbonyl (C=O) groups is 2. The maximum Gasteiger partial charge on any atom is 0.313 e. The predicted molar refractivity (Wildman–Crippen MR) is 93.0 cm³/mol. The third-order valence-corrected chi connectivity index (χ3v) is 4.16. The smallest absolute Gasteiger partial charge is 0.313 e. The summed E-state index contributed by atoms with van der Waals surface area (Å²) in [6.45, 7) is 0. The lowest BCUT2D eigenvalue weighted by Gasteiger charge is -2.28. The molecule has 138 valence electrons. The highest BCUT2D eigenvalue weighted by atomic mass is 35.5. The van der Waals surface area contributed by atoms with Crippen molar-refractivity contribution >= 4 is 23.3 Å². The first-order valence-corrected chi connectivity index (χ1v) is 7.99. The molecule has 0 aromatic heterocycles. The van der Waals surface area contributed by atoms with Gasteiger partial charge < -0.3 is 15.3 Å². The predicted octanol–water partition coefficient (Wildman–Crippen LogP) is 1.99. The van der Waals surface area contributed by atoms with Crippen molar-refractivity contribution in [2.75, 3.05) is 7.05 Å². The van der Waals surface area contributed by atoms with Crippen LogP contribution >= 0.6 is 11.6 Å². The fourth-order valence-corrected chi connectivity index (χ4v) is 2.67. The highest BCUT2D eigenvalue weighted by molar-refractivity contribution is 6.35. The Kier molecular flexibility index (Phi) is 5.86. The van der Waals surface area contributed by atoms with E-state index in [0.29, 0.717) is 10.6 Å². The third kappa shape index (κ3) is 4.51. The average Bonchev–Trinajstić information content (AvgIpc) is 2.58. The second-order valence-electron chi connectivity index (χ2n) is 5.97. The van der Waals surface area contributed by atoms with Crippen molar-refractivity contribution in [3.05, 3.63) is 58.6 Å². The summed E-state index contributed by atoms with van der Waals surface area (Å²) in [6.07, 6.45) is -0.702. The molecule has 0 heterocycles. The molecule has 26 heavy (non-hydrogen) atoms. The van der Waals surface area contributed by atoms with Crippen LogP contribution in [0.2, 0.25) is 5.02 Å². The molecule has 8 heteroatoms. The molecule has 2 rings (SSSR count). The molecule has 0 saturated heterocycles. The summed E-state index contributed by atoms with van der Waals surface area (Å²) in [7, 11) is 1.00. The second-order valence-corrected chi connectivity index (χ2v) is 6.40. The minimum atomic E-state index is -1.86. The molecule has 0 aliphatic rings. The number of phenols is 2. The lowest BCUT2D eigenvalue weighted by atomic mass is 9.82. The van der Waals surface area contributed by atoms with E-state index < -0.39 is 29.5 Å². The van der Waals surface area contributed by atoms with Gasteiger partial charge in [-0.05, 0) is 35.4 Å². The highest BCUT2D eigenvalue weighted by Gasteiger charge is 2.36. The Morgan fingerprint density at radius 1 is 1.08 bits per heavy atom. The van der Waals surface area contributed by atoms with Gasteiger partial charge in [0, 0.05) is 24.9 Å². The molecule has 1 unspecified atom stereocenters. The quantitative estimate of drug-likeness (QED) is 0.264. The van der Waals surface area contributed by atoms with Crippen LogP contribution in [0, 0.1) is 0 Å². The zero-order valence-corrected chi connectivity index (χ0v) is 14.6. The van der Waals surface area contributed by atoms with Crippen LogP contribution in [0.1, 0.15) is 17.5 Å². The molecule has 2 aromatic rings. The van der Waals surface area contributed by atoms with E-state index in [0.717, 1.165) is 13.1 Å². The van der Waals surface area contributed by atoms with E-state index in [9.17, 15) is 24.9 Å². The average molecular weight is 380 g/mol. The lowest BCUT2D eigenvalue weighted by Crippen LogP contribution is -2.38. The second kappa shape index (κ2) is 7.74. The number of Topliss-reactive ketones (excluding diaryl/α,β-unsaturated/α-hetero) is 1. The summed E-state index contributed by atoms with van der Waals surface area (Å²) in [5.41, 5.74) is -1.10. The van der Waals surface area contributed by atoms with Crippen LogP contribution < -0.4 is 0 Å². The monoisotopic (exact) mass is 379 g/mol. The van der Waals surface area contributed by atoms with E-state index in [4.69, 9.17) is 16.8 Å². The summed E-state index contributed by atoms with van der Waals surface area (Å²) in [5, 5.41) is 40.1. The summed E-state index contributed by atoms with van der Waals surface area (Å²) in [6, 6.07) is 10.1. The van der Waals surface area contributed by atoms with Gasteiger partial charge in [-0.25, -0.2) is 5.06 Å². The Balaban J connectivity index is 2.42. The molecule has 0 saturated carbocycles. The summed E-state index contributed by atoms with van der Waals surface area (Å²) in [4.78, 5) is 23.8. The number of carbonyl (C=O) groups excluding carboxylic acids is 2. The van der Waals surface area contributed by atoms with Gasteiger partial charge in [0.2, 0.25) is 5.78 Å². The van der Waals surface area contributed by atoms with Gasteiger partial charge in [0.05, 0.1) is 0 Å². The first-order chi connectivity index (χ1) is 12.1. The molecule has 0 aliphatic carbocycles. The van der Waals surface area contributed by atoms with Crippen molar-refractivity contribution in [2.24, 2.45) is 0 Å². The SMILES string of the molecule is CN(O)C(=O)C(=O)CC(O)(Cc1ccc(Cl)cc1)c1ccc(O)c(O)c1. The summed E-state index contributed by atoms with van der Waals surface area (Å²) < 4.78 is 0. The van der Waals surface area contributed by atoms with Gasteiger partial charge in [-0.15, -0.1) is 0 Å². The Morgan fingerprint density at radius 3 is 2.23 bits per heavy atom. The van der Waals surface area contributed by atoms with E-state index in [-0.39, 0.29) is 22.8 Å². The number of hydrogen-bond acceptors (Lipinski definition) is 6. The van der Waals surface area contributed by atoms with Gasteiger partial charge in [0.15, 0.2) is 11.5 Å². The Morgan fingerprint density at radius 2 is 1.69 bits per heavy atom. The zero-order valence-electron chi connectivity index (χ0n) is 13.9. The van der Waals surface area contributed by atoms with E-state index >= 15 is 0 Å². The number of hydroxylamine groups is 2. The van der Waals surface area contributed by atoms with E-state index in [2.05, 4.69) is 0 Å². The van der Waals surface area contributed by atoms with E-state index in [1.165, 1.54) is 12.1 Å². The molecule has 7 nitrogen and oxygen atoms in total. The van der Waals surface area contributed by atoms with Crippen LogP contribution in [-0.4, -0.2) is 44.3 Å². The third-order valence-electron chi connectivity index (χ3n) is 3.91. The fraction of sp³-hybridized carbons (Fsp3) is 0.222. The molecule has 4 N–H and O–H groups in total. The van der Waals surface area contributed by atoms with E-state index in [1.54, 1.807) is 24.3 Å². The first-order valence-electron chi connectivity index (χ1n) is 7.61. The maximum atomic E-state index is 12.1. The molecule has 1 amide bonds. The van der Waals surface area contributed by atoms with Crippen molar-refractivity contribution in [2.45, 2.75) is 18.4 Å². The Bertz CT molecular complexity index is 821. The number of benzene rings is 2. The number of rotatable bonds is 6. The van der Waals surface area contributed by atoms with Gasteiger partial charge in [0.25, 0.3) is 0 Å². The topological polar surface area (TPSA) is 118 Å². The first kappa shape index (κ1) is 19.7. The number of aromatic hydroxyl groups is 2.